The molecule has 3 heteroatoms. The van der Waals surface area contributed by atoms with Crippen molar-refractivity contribution in [3.05, 3.63) is 23.8 Å². The minimum Gasteiger partial charge on any atom is -0.462 e. The van der Waals surface area contributed by atoms with E-state index in [1.165, 1.54) is 63.4 Å². The van der Waals surface area contributed by atoms with Gasteiger partial charge in [-0.1, -0.05) is 90.7 Å². The summed E-state index contributed by atoms with van der Waals surface area (Å²) in [6.45, 7) is 7.06. The molecule has 0 bridgehead atoms. The number of carbonyl (C=O) groups is 2. The summed E-state index contributed by atoms with van der Waals surface area (Å²) in [5.41, 5.74) is 1.50. The predicted octanol–water partition coefficient (Wildman–Crippen LogP) is 8.52. The van der Waals surface area contributed by atoms with E-state index in [4.69, 9.17) is 4.74 Å². The first-order valence-electron chi connectivity index (χ1n) is 15.0. The first kappa shape index (κ1) is 26.7. The van der Waals surface area contributed by atoms with Gasteiger partial charge in [-0.05, 0) is 73.3 Å². The van der Waals surface area contributed by atoms with E-state index in [2.05, 4.69) is 32.9 Å². The maximum Gasteiger partial charge on any atom is 0.306 e. The van der Waals surface area contributed by atoms with Crippen LogP contribution < -0.4 is 0 Å². The van der Waals surface area contributed by atoms with E-state index < -0.39 is 0 Å². The summed E-state index contributed by atoms with van der Waals surface area (Å²) in [6, 6.07) is 0. The zero-order valence-electron chi connectivity index (χ0n) is 22.8. The van der Waals surface area contributed by atoms with Gasteiger partial charge in [0, 0.05) is 18.3 Å². The number of fused-ring (bicyclic) bond motifs is 5. The van der Waals surface area contributed by atoms with Crippen molar-refractivity contribution in [2.75, 3.05) is 0 Å². The molecular formula is C32H50O3. The fraction of sp³-hybridized carbons (Fsp3) is 0.812. The molecule has 4 aliphatic rings. The number of ether oxygens (including phenoxy) is 1. The van der Waals surface area contributed by atoms with E-state index in [9.17, 15) is 9.59 Å². The van der Waals surface area contributed by atoms with Gasteiger partial charge in [-0.2, -0.15) is 0 Å². The van der Waals surface area contributed by atoms with Crippen LogP contribution in [0, 0.1) is 28.6 Å². The Morgan fingerprint density at radius 3 is 2.31 bits per heavy atom. The van der Waals surface area contributed by atoms with Crippen molar-refractivity contribution in [1.29, 1.82) is 0 Å². The van der Waals surface area contributed by atoms with Gasteiger partial charge in [0.05, 0.1) is 0 Å². The van der Waals surface area contributed by atoms with Gasteiger partial charge in [-0.15, -0.1) is 0 Å². The van der Waals surface area contributed by atoms with Crippen molar-refractivity contribution in [2.45, 2.75) is 136 Å². The first-order valence-corrected chi connectivity index (χ1v) is 15.0. The predicted molar refractivity (Wildman–Crippen MR) is 143 cm³/mol. The molecule has 0 amide bonds. The summed E-state index contributed by atoms with van der Waals surface area (Å²) in [7, 11) is 0. The third-order valence-corrected chi connectivity index (χ3v) is 10.4. The average Bonchev–Trinajstić information content (AvgIpc) is 3.16. The van der Waals surface area contributed by atoms with Crippen molar-refractivity contribution >= 4 is 11.8 Å². The number of rotatable bonds is 12. The van der Waals surface area contributed by atoms with E-state index in [-0.39, 0.29) is 28.7 Å². The molecule has 0 aromatic rings. The van der Waals surface area contributed by atoms with Gasteiger partial charge >= 0.3 is 5.97 Å². The summed E-state index contributed by atoms with van der Waals surface area (Å²) in [6.07, 6.45) is 26.3. The number of esters is 1. The minimum absolute atomic E-state index is 0.0284. The number of carbonyl (C=O) groups excluding carboxylic acids is 2. The molecule has 4 aliphatic carbocycles. The van der Waals surface area contributed by atoms with E-state index in [0.29, 0.717) is 30.6 Å². The van der Waals surface area contributed by atoms with Crippen LogP contribution in [0.2, 0.25) is 0 Å². The Labute approximate surface area is 214 Å². The monoisotopic (exact) mass is 482 g/mol. The Kier molecular flexibility index (Phi) is 8.98. The Hall–Kier alpha value is -1.38. The lowest BCUT2D eigenvalue weighted by Crippen LogP contribution is -2.50. The van der Waals surface area contributed by atoms with Crippen molar-refractivity contribution in [3.63, 3.8) is 0 Å². The third kappa shape index (κ3) is 5.80. The smallest absolute Gasteiger partial charge is 0.306 e. The minimum atomic E-state index is 0.0284. The summed E-state index contributed by atoms with van der Waals surface area (Å²) in [5.74, 6) is 2.07. The molecule has 0 spiro atoms. The molecule has 2 fully saturated rings. The number of allylic oxidation sites excluding steroid dienone is 4. The lowest BCUT2D eigenvalue weighted by atomic mass is 9.49. The zero-order chi connectivity index (χ0) is 24.9. The standard InChI is InChI=1S/C32H50O3/c1-4-5-6-7-8-9-10-11-12-13-14-30(34)35-29-18-17-27-26-16-15-24-23-25(33)19-21-31(24,2)28(26)20-22-32(27,29)3/h15-16,23,26-29H,4-14,17-22H2,1-3H3/t26-,27-,28-,29-,31-,32-/m0/s1. The lowest BCUT2D eigenvalue weighted by Gasteiger charge is -2.55. The number of hydrogen-bond acceptors (Lipinski definition) is 3. The number of hydrogen-bond donors (Lipinski definition) is 0. The molecule has 6 atom stereocenters. The van der Waals surface area contributed by atoms with Gasteiger partial charge in [0.15, 0.2) is 5.78 Å². The van der Waals surface area contributed by atoms with E-state index in [0.717, 1.165) is 38.5 Å². The largest absolute Gasteiger partial charge is 0.462 e. The van der Waals surface area contributed by atoms with Crippen LogP contribution in [0.3, 0.4) is 0 Å². The first-order chi connectivity index (χ1) is 16.9. The molecule has 0 aliphatic heterocycles. The average molecular weight is 483 g/mol. The molecule has 0 saturated heterocycles. The van der Waals surface area contributed by atoms with Gasteiger partial charge < -0.3 is 4.74 Å². The highest BCUT2D eigenvalue weighted by Crippen LogP contribution is 2.64. The fourth-order valence-electron chi connectivity index (χ4n) is 8.12. The van der Waals surface area contributed by atoms with Gasteiger partial charge in [0.2, 0.25) is 0 Å². The van der Waals surface area contributed by atoms with Crippen molar-refractivity contribution in [1.82, 2.24) is 0 Å². The summed E-state index contributed by atoms with van der Waals surface area (Å²) >= 11 is 0. The Morgan fingerprint density at radius 2 is 1.60 bits per heavy atom. The molecule has 0 aromatic heterocycles. The highest BCUT2D eigenvalue weighted by Gasteiger charge is 2.59. The summed E-state index contributed by atoms with van der Waals surface area (Å²) in [5, 5.41) is 0. The van der Waals surface area contributed by atoms with Crippen LogP contribution in [-0.4, -0.2) is 17.9 Å². The van der Waals surface area contributed by atoms with Crippen LogP contribution in [0.25, 0.3) is 0 Å². The highest BCUT2D eigenvalue weighted by atomic mass is 16.5. The van der Waals surface area contributed by atoms with E-state index >= 15 is 0 Å². The quantitative estimate of drug-likeness (QED) is 0.207. The van der Waals surface area contributed by atoms with Gasteiger partial charge in [0.25, 0.3) is 0 Å². The molecule has 196 valence electrons. The maximum atomic E-state index is 12.7. The molecular weight excluding hydrogens is 432 g/mol. The molecule has 3 nitrogen and oxygen atoms in total. The van der Waals surface area contributed by atoms with Crippen molar-refractivity contribution < 1.29 is 14.3 Å². The van der Waals surface area contributed by atoms with Crippen LogP contribution in [-0.2, 0) is 14.3 Å². The second-order valence-corrected chi connectivity index (χ2v) is 12.7. The molecule has 0 unspecified atom stereocenters. The number of ketones is 1. The molecule has 0 N–H and O–H groups in total. The molecule has 2 saturated carbocycles. The second kappa shape index (κ2) is 11.8. The summed E-state index contributed by atoms with van der Waals surface area (Å²) < 4.78 is 6.17. The van der Waals surface area contributed by atoms with Gasteiger partial charge in [0.1, 0.15) is 6.10 Å². The van der Waals surface area contributed by atoms with E-state index in [1.54, 1.807) is 0 Å². The summed E-state index contributed by atoms with van der Waals surface area (Å²) in [4.78, 5) is 24.8. The number of unbranched alkanes of at least 4 members (excludes halogenated alkanes) is 9. The van der Waals surface area contributed by atoms with Crippen LogP contribution in [0.5, 0.6) is 0 Å². The molecule has 4 rings (SSSR count). The van der Waals surface area contributed by atoms with Gasteiger partial charge in [-0.3, -0.25) is 9.59 Å². The van der Waals surface area contributed by atoms with Crippen LogP contribution in [0.1, 0.15) is 130 Å². The Bertz CT molecular complexity index is 810. The van der Waals surface area contributed by atoms with Crippen LogP contribution in [0.4, 0.5) is 0 Å². The zero-order valence-corrected chi connectivity index (χ0v) is 22.8. The molecule has 0 heterocycles. The second-order valence-electron chi connectivity index (χ2n) is 12.7. The van der Waals surface area contributed by atoms with Crippen molar-refractivity contribution in [2.24, 2.45) is 28.6 Å². The van der Waals surface area contributed by atoms with Crippen LogP contribution in [0.15, 0.2) is 23.8 Å². The highest BCUT2D eigenvalue weighted by molar-refractivity contribution is 5.92. The maximum absolute atomic E-state index is 12.7. The SMILES string of the molecule is CCCCCCCCCCCCC(=O)O[C@H]1CC[C@H]2[C@@H]3C=CC4=CC(=O)CC[C@]4(C)[C@H]3CC[C@]12C. The Morgan fingerprint density at radius 1 is 0.914 bits per heavy atom. The molecule has 0 aromatic carbocycles. The third-order valence-electron chi connectivity index (χ3n) is 10.4. The normalized spacial score (nSPS) is 35.7. The Balaban J connectivity index is 1.22. The lowest BCUT2D eigenvalue weighted by molar-refractivity contribution is -0.158. The fourth-order valence-corrected chi connectivity index (χ4v) is 8.12. The van der Waals surface area contributed by atoms with E-state index in [1.807, 2.05) is 6.08 Å². The van der Waals surface area contributed by atoms with Gasteiger partial charge in [-0.25, -0.2) is 0 Å². The van der Waals surface area contributed by atoms with Crippen LogP contribution >= 0.6 is 0 Å². The topological polar surface area (TPSA) is 43.4 Å². The molecule has 0 radical (unpaired) electrons. The van der Waals surface area contributed by atoms with Crippen molar-refractivity contribution in [3.8, 4) is 0 Å². The molecule has 35 heavy (non-hydrogen) atoms.